The first-order valence-corrected chi connectivity index (χ1v) is 11.7. The van der Waals surface area contributed by atoms with Crippen LogP contribution in [0.5, 0.6) is 0 Å². The molecule has 0 saturated carbocycles. The largest absolute Gasteiger partial charge is 0.465 e. The number of anilines is 2. The van der Waals surface area contributed by atoms with Crippen molar-refractivity contribution in [2.45, 2.75) is 39.4 Å². The summed E-state index contributed by atoms with van der Waals surface area (Å²) < 4.78 is 5.24. The molecule has 0 aliphatic carbocycles. The van der Waals surface area contributed by atoms with Crippen LogP contribution in [0.25, 0.3) is 0 Å². The number of carbonyl (C=O) groups is 2. The average molecular weight is 469 g/mol. The lowest BCUT2D eigenvalue weighted by molar-refractivity contribution is 0.103. The summed E-state index contributed by atoms with van der Waals surface area (Å²) in [5, 5.41) is 12.4. The van der Waals surface area contributed by atoms with Gasteiger partial charge in [-0.3, -0.25) is 9.80 Å². The van der Waals surface area contributed by atoms with E-state index in [1.807, 2.05) is 6.92 Å². The molecule has 2 atom stereocenters. The third kappa shape index (κ3) is 5.39. The molecule has 2 aliphatic rings. The standard InChI is InChI=1S/C24H32N6O4/c1-16(2)20-15-34-24(33)30(20)21-8-9-25-22(27-21)26-17(3)19-6-4-18(5-7-19)14-28-10-12-29(13-11-28)23(31)32/h4-9,16-17,20H,10-15H2,1-3H3,(H,31,32)(H,25,26,27)/t17-,20+/m0/s1. The molecule has 2 saturated heterocycles. The maximum atomic E-state index is 12.3. The fraction of sp³-hybridized carbons (Fsp3) is 0.500. The number of benzene rings is 1. The van der Waals surface area contributed by atoms with Crippen molar-refractivity contribution in [3.63, 3.8) is 0 Å². The number of nitrogens with one attached hydrogen (secondary N) is 1. The van der Waals surface area contributed by atoms with Gasteiger partial charge in [-0.05, 0) is 30.0 Å². The molecule has 0 bridgehead atoms. The second-order valence-corrected chi connectivity index (χ2v) is 9.15. The predicted octanol–water partition coefficient (Wildman–Crippen LogP) is 3.43. The highest BCUT2D eigenvalue weighted by Gasteiger charge is 2.37. The van der Waals surface area contributed by atoms with E-state index in [9.17, 15) is 9.59 Å². The number of amides is 2. The number of rotatable bonds is 7. The van der Waals surface area contributed by atoms with Gasteiger partial charge in [-0.2, -0.15) is 4.98 Å². The second kappa shape index (κ2) is 10.3. The summed E-state index contributed by atoms with van der Waals surface area (Å²) in [6.45, 7) is 9.87. The molecular formula is C24H32N6O4. The molecule has 0 radical (unpaired) electrons. The Bertz CT molecular complexity index is 1010. The number of cyclic esters (lactones) is 1. The Balaban J connectivity index is 1.36. The Morgan fingerprint density at radius 2 is 1.85 bits per heavy atom. The molecule has 3 heterocycles. The zero-order valence-electron chi connectivity index (χ0n) is 19.8. The summed E-state index contributed by atoms with van der Waals surface area (Å²) in [4.78, 5) is 37.5. The van der Waals surface area contributed by atoms with Crippen LogP contribution in [0.3, 0.4) is 0 Å². The minimum atomic E-state index is -0.847. The van der Waals surface area contributed by atoms with Gasteiger partial charge in [-0.25, -0.2) is 14.6 Å². The van der Waals surface area contributed by atoms with Crippen molar-refractivity contribution in [2.24, 2.45) is 5.92 Å². The SMILES string of the molecule is CC(C)[C@H]1COC(=O)N1c1ccnc(N[C@@H](C)c2ccc(CN3CCN(C(=O)O)CC3)cc2)n1. The molecule has 4 rings (SSSR count). The van der Waals surface area contributed by atoms with Crippen LogP contribution >= 0.6 is 0 Å². The third-order valence-electron chi connectivity index (χ3n) is 6.44. The molecule has 2 amide bonds. The second-order valence-electron chi connectivity index (χ2n) is 9.15. The Labute approximate surface area is 199 Å². The Morgan fingerprint density at radius 3 is 2.50 bits per heavy atom. The number of hydrogen-bond acceptors (Lipinski definition) is 7. The zero-order chi connectivity index (χ0) is 24.2. The minimum Gasteiger partial charge on any atom is -0.465 e. The van der Waals surface area contributed by atoms with E-state index in [1.54, 1.807) is 17.2 Å². The topological polar surface area (TPSA) is 111 Å². The number of aromatic nitrogens is 2. The molecule has 10 heteroatoms. The van der Waals surface area contributed by atoms with E-state index in [-0.39, 0.29) is 24.1 Å². The molecule has 34 heavy (non-hydrogen) atoms. The van der Waals surface area contributed by atoms with Crippen molar-refractivity contribution >= 4 is 24.0 Å². The fourth-order valence-corrected chi connectivity index (χ4v) is 4.29. The molecule has 1 aromatic carbocycles. The minimum absolute atomic E-state index is 0.0326. The van der Waals surface area contributed by atoms with Gasteiger partial charge in [0, 0.05) is 38.9 Å². The number of hydrogen-bond donors (Lipinski definition) is 2. The molecule has 0 unspecified atom stereocenters. The fourth-order valence-electron chi connectivity index (χ4n) is 4.29. The van der Waals surface area contributed by atoms with Crippen molar-refractivity contribution in [3.05, 3.63) is 47.7 Å². The smallest absolute Gasteiger partial charge is 0.415 e. The Hall–Kier alpha value is -3.40. The average Bonchev–Trinajstić information content (AvgIpc) is 3.22. The number of carbonyl (C=O) groups excluding carboxylic acids is 1. The van der Waals surface area contributed by atoms with Crippen molar-refractivity contribution in [3.8, 4) is 0 Å². The van der Waals surface area contributed by atoms with Crippen LogP contribution in [0.4, 0.5) is 21.4 Å². The van der Waals surface area contributed by atoms with E-state index < -0.39 is 6.09 Å². The number of ether oxygens (including phenoxy) is 1. The highest BCUT2D eigenvalue weighted by molar-refractivity contribution is 5.89. The molecule has 2 N–H and O–H groups in total. The quantitative estimate of drug-likeness (QED) is 0.636. The molecule has 10 nitrogen and oxygen atoms in total. The molecule has 182 valence electrons. The Kier molecular flexibility index (Phi) is 7.16. The van der Waals surface area contributed by atoms with Gasteiger partial charge < -0.3 is 20.1 Å². The molecule has 1 aromatic heterocycles. The molecule has 2 aliphatic heterocycles. The number of carboxylic acid groups (broad SMARTS) is 1. The molecular weight excluding hydrogens is 436 g/mol. The first-order valence-electron chi connectivity index (χ1n) is 11.7. The van der Waals surface area contributed by atoms with E-state index in [2.05, 4.69) is 58.3 Å². The van der Waals surface area contributed by atoms with Crippen molar-refractivity contribution in [1.29, 1.82) is 0 Å². The maximum Gasteiger partial charge on any atom is 0.415 e. The van der Waals surface area contributed by atoms with Crippen LogP contribution in [-0.2, 0) is 11.3 Å². The summed E-state index contributed by atoms with van der Waals surface area (Å²) in [6.07, 6.45) is 0.421. The summed E-state index contributed by atoms with van der Waals surface area (Å²) in [5.41, 5.74) is 2.28. The number of nitrogens with zero attached hydrogens (tertiary/aromatic N) is 5. The first kappa shape index (κ1) is 23.7. The monoisotopic (exact) mass is 468 g/mol. The summed E-state index contributed by atoms with van der Waals surface area (Å²) in [6, 6.07) is 10.0. The van der Waals surface area contributed by atoms with E-state index in [0.717, 1.165) is 25.2 Å². The number of piperazine rings is 1. The van der Waals surface area contributed by atoms with Crippen molar-refractivity contribution in [1.82, 2.24) is 19.8 Å². The molecule has 2 fully saturated rings. The predicted molar refractivity (Wildman–Crippen MR) is 128 cm³/mol. The van der Waals surface area contributed by atoms with Gasteiger partial charge in [-0.1, -0.05) is 38.1 Å². The van der Waals surface area contributed by atoms with Gasteiger partial charge in [0.1, 0.15) is 12.4 Å². The highest BCUT2D eigenvalue weighted by Crippen LogP contribution is 2.27. The normalized spacial score (nSPS) is 19.9. The Morgan fingerprint density at radius 1 is 1.15 bits per heavy atom. The summed E-state index contributed by atoms with van der Waals surface area (Å²) in [7, 11) is 0. The van der Waals surface area contributed by atoms with Crippen LogP contribution in [0.15, 0.2) is 36.5 Å². The van der Waals surface area contributed by atoms with Gasteiger partial charge in [0.05, 0.1) is 12.1 Å². The zero-order valence-corrected chi connectivity index (χ0v) is 19.8. The third-order valence-corrected chi connectivity index (χ3v) is 6.44. The van der Waals surface area contributed by atoms with Gasteiger partial charge >= 0.3 is 12.2 Å². The first-order chi connectivity index (χ1) is 16.3. The lowest BCUT2D eigenvalue weighted by Crippen LogP contribution is -2.47. The lowest BCUT2D eigenvalue weighted by Gasteiger charge is -2.33. The van der Waals surface area contributed by atoms with Crippen molar-refractivity contribution in [2.75, 3.05) is 43.0 Å². The highest BCUT2D eigenvalue weighted by atomic mass is 16.6. The van der Waals surface area contributed by atoms with Crippen LogP contribution in [0, 0.1) is 5.92 Å². The van der Waals surface area contributed by atoms with Crippen LogP contribution in [-0.4, -0.2) is 75.9 Å². The summed E-state index contributed by atoms with van der Waals surface area (Å²) >= 11 is 0. The van der Waals surface area contributed by atoms with Gasteiger partial charge in [0.25, 0.3) is 0 Å². The van der Waals surface area contributed by atoms with Gasteiger partial charge in [0.2, 0.25) is 5.95 Å². The van der Waals surface area contributed by atoms with Crippen molar-refractivity contribution < 1.29 is 19.4 Å². The van der Waals surface area contributed by atoms with E-state index in [1.165, 1.54) is 10.5 Å². The van der Waals surface area contributed by atoms with Crippen LogP contribution in [0.2, 0.25) is 0 Å². The van der Waals surface area contributed by atoms with Crippen LogP contribution < -0.4 is 10.2 Å². The van der Waals surface area contributed by atoms with E-state index in [0.29, 0.717) is 31.5 Å². The van der Waals surface area contributed by atoms with Gasteiger partial charge in [0.15, 0.2) is 0 Å². The molecule has 0 spiro atoms. The van der Waals surface area contributed by atoms with Crippen LogP contribution in [0.1, 0.15) is 37.9 Å². The van der Waals surface area contributed by atoms with Gasteiger partial charge in [-0.15, -0.1) is 0 Å². The lowest BCUT2D eigenvalue weighted by atomic mass is 10.0. The van der Waals surface area contributed by atoms with E-state index in [4.69, 9.17) is 9.84 Å². The maximum absolute atomic E-state index is 12.3. The van der Waals surface area contributed by atoms with E-state index >= 15 is 0 Å². The molecule has 2 aromatic rings. The summed E-state index contributed by atoms with van der Waals surface area (Å²) in [5.74, 6) is 1.23.